The van der Waals surface area contributed by atoms with Gasteiger partial charge in [0.25, 0.3) is 5.69 Å². The van der Waals surface area contributed by atoms with E-state index in [0.717, 1.165) is 6.42 Å². The van der Waals surface area contributed by atoms with Gasteiger partial charge in [-0.3, -0.25) is 24.6 Å². The van der Waals surface area contributed by atoms with E-state index in [4.69, 9.17) is 4.84 Å². The van der Waals surface area contributed by atoms with Gasteiger partial charge in [0.2, 0.25) is 11.8 Å². The van der Waals surface area contributed by atoms with E-state index >= 15 is 0 Å². The van der Waals surface area contributed by atoms with Crippen molar-refractivity contribution in [2.75, 3.05) is 4.90 Å². The summed E-state index contributed by atoms with van der Waals surface area (Å²) in [5, 5.41) is 15.4. The van der Waals surface area contributed by atoms with Crippen LogP contribution in [0.1, 0.15) is 12.0 Å². The van der Waals surface area contributed by atoms with E-state index in [-0.39, 0.29) is 47.3 Å². The van der Waals surface area contributed by atoms with Crippen molar-refractivity contribution in [1.29, 1.82) is 0 Å². The van der Waals surface area contributed by atoms with Crippen LogP contribution in [0.5, 0.6) is 0 Å². The minimum Gasteiger partial charge on any atom is -0.391 e. The lowest BCUT2D eigenvalue weighted by atomic mass is 9.71. The van der Waals surface area contributed by atoms with Crippen LogP contribution < -0.4 is 4.90 Å². The lowest BCUT2D eigenvalue weighted by Gasteiger charge is -2.29. The Labute approximate surface area is 171 Å². The molecule has 0 radical (unpaired) electrons. The van der Waals surface area contributed by atoms with Crippen LogP contribution >= 0.6 is 0 Å². The zero-order valence-electron chi connectivity index (χ0n) is 15.8. The molecule has 0 N–H and O–H groups in total. The summed E-state index contributed by atoms with van der Waals surface area (Å²) < 4.78 is 0. The zero-order chi connectivity index (χ0) is 20.6. The van der Waals surface area contributed by atoms with Gasteiger partial charge in [0, 0.05) is 29.5 Å². The van der Waals surface area contributed by atoms with Crippen molar-refractivity contribution in [1.82, 2.24) is 0 Å². The number of carbonyl (C=O) groups excluding carboxylic acids is 2. The Kier molecular flexibility index (Phi) is 3.45. The Morgan fingerprint density at radius 2 is 1.70 bits per heavy atom. The molecule has 2 aliphatic heterocycles. The first-order chi connectivity index (χ1) is 14.6. The molecule has 0 spiro atoms. The van der Waals surface area contributed by atoms with E-state index in [1.807, 2.05) is 18.2 Å². The molecule has 2 aromatic carbocycles. The molecule has 2 aromatic rings. The summed E-state index contributed by atoms with van der Waals surface area (Å²) in [4.78, 5) is 44.3. The largest absolute Gasteiger partial charge is 0.391 e. The molecule has 6 atom stereocenters. The molecule has 150 valence electrons. The minimum absolute atomic E-state index is 0.0120. The summed E-state index contributed by atoms with van der Waals surface area (Å²) in [5.74, 6) is -1.36. The average Bonchev–Trinajstić information content (AvgIpc) is 3.49. The number of anilines is 1. The van der Waals surface area contributed by atoms with Gasteiger partial charge in [0.15, 0.2) is 0 Å². The summed E-state index contributed by atoms with van der Waals surface area (Å²) in [6, 6.07) is 15.3. The van der Waals surface area contributed by atoms with E-state index in [0.29, 0.717) is 17.0 Å². The fourth-order valence-electron chi connectivity index (χ4n) is 5.97. The second-order valence-electron chi connectivity index (χ2n) is 8.34. The number of carbonyl (C=O) groups is 2. The smallest absolute Gasteiger partial charge is 0.270 e. The van der Waals surface area contributed by atoms with Crippen molar-refractivity contribution < 1.29 is 19.3 Å². The number of non-ortho nitro benzene ring substituents is 1. The number of nitro benzene ring substituents is 1. The number of amides is 2. The highest BCUT2D eigenvalue weighted by molar-refractivity contribution is 6.23. The number of nitrogens with zero attached hydrogens (tertiary/aromatic N) is 3. The summed E-state index contributed by atoms with van der Waals surface area (Å²) in [6.45, 7) is 0. The third kappa shape index (κ3) is 2.13. The van der Waals surface area contributed by atoms with Gasteiger partial charge in [-0.15, -0.1) is 0 Å². The lowest BCUT2D eigenvalue weighted by Crippen LogP contribution is -2.41. The van der Waals surface area contributed by atoms with Crippen LogP contribution in [0.2, 0.25) is 0 Å². The van der Waals surface area contributed by atoms with Crippen molar-refractivity contribution in [3.63, 3.8) is 0 Å². The first-order valence-electron chi connectivity index (χ1n) is 9.97. The normalized spacial score (nSPS) is 33.3. The number of benzene rings is 2. The maximum Gasteiger partial charge on any atom is 0.270 e. The van der Waals surface area contributed by atoms with Gasteiger partial charge >= 0.3 is 0 Å². The number of para-hydroxylation sites is 1. The molecule has 2 heterocycles. The standard InChI is InChI=1S/C22H17N3O5/c26-21-16-14-10-15(17(16)22(27)24(21)12-6-2-1-3-7-12)20-18(14)19(23-30-20)11-5-4-8-13(9-11)25(28)29/h1-9,14-18,20H,10H2/t14-,15-,16+,17-,18-,20+/m1/s1. The number of hydrogen-bond acceptors (Lipinski definition) is 6. The van der Waals surface area contributed by atoms with Gasteiger partial charge in [0.05, 0.1) is 28.2 Å². The second kappa shape index (κ2) is 5.98. The molecule has 8 nitrogen and oxygen atoms in total. The van der Waals surface area contributed by atoms with Crippen LogP contribution in [-0.2, 0) is 14.4 Å². The Bertz CT molecular complexity index is 1130. The highest BCUT2D eigenvalue weighted by atomic mass is 16.6. The molecule has 2 saturated carbocycles. The van der Waals surface area contributed by atoms with Crippen LogP contribution in [0, 0.1) is 39.7 Å². The van der Waals surface area contributed by atoms with Crippen molar-refractivity contribution >= 4 is 28.9 Å². The molecule has 2 amide bonds. The number of hydrogen-bond donors (Lipinski definition) is 0. The summed E-state index contributed by atoms with van der Waals surface area (Å²) in [7, 11) is 0. The molecule has 8 heteroatoms. The van der Waals surface area contributed by atoms with E-state index in [9.17, 15) is 19.7 Å². The number of fused-ring (bicyclic) bond motifs is 8. The molecular weight excluding hydrogens is 386 g/mol. The van der Waals surface area contributed by atoms with Crippen LogP contribution in [0.4, 0.5) is 11.4 Å². The fourth-order valence-corrected chi connectivity index (χ4v) is 5.97. The summed E-state index contributed by atoms with van der Waals surface area (Å²) in [6.07, 6.45) is 0.469. The first-order valence-corrected chi connectivity index (χ1v) is 9.97. The lowest BCUT2D eigenvalue weighted by molar-refractivity contribution is -0.384. The van der Waals surface area contributed by atoms with Crippen molar-refractivity contribution in [2.45, 2.75) is 12.5 Å². The highest BCUT2D eigenvalue weighted by Crippen LogP contribution is 2.62. The Morgan fingerprint density at radius 3 is 2.43 bits per heavy atom. The molecular formula is C22H17N3O5. The Morgan fingerprint density at radius 1 is 0.967 bits per heavy atom. The molecule has 2 aliphatic carbocycles. The topological polar surface area (TPSA) is 102 Å². The van der Waals surface area contributed by atoms with Crippen LogP contribution in [0.15, 0.2) is 59.8 Å². The quantitative estimate of drug-likeness (QED) is 0.445. The third-order valence-corrected chi connectivity index (χ3v) is 7.06. The predicted molar refractivity (Wildman–Crippen MR) is 106 cm³/mol. The highest BCUT2D eigenvalue weighted by Gasteiger charge is 2.70. The van der Waals surface area contributed by atoms with Crippen LogP contribution in [0.3, 0.4) is 0 Å². The zero-order valence-corrected chi connectivity index (χ0v) is 15.8. The van der Waals surface area contributed by atoms with Crippen LogP contribution in [0.25, 0.3) is 0 Å². The summed E-state index contributed by atoms with van der Waals surface area (Å²) in [5.41, 5.74) is 1.87. The molecule has 2 bridgehead atoms. The van der Waals surface area contributed by atoms with E-state index < -0.39 is 10.8 Å². The van der Waals surface area contributed by atoms with Gasteiger partial charge in [-0.05, 0) is 24.5 Å². The first kappa shape index (κ1) is 17.3. The molecule has 1 saturated heterocycles. The van der Waals surface area contributed by atoms with Crippen molar-refractivity contribution in [2.24, 2.45) is 34.7 Å². The molecule has 0 aromatic heterocycles. The van der Waals surface area contributed by atoms with Crippen molar-refractivity contribution in [3.05, 3.63) is 70.3 Å². The van der Waals surface area contributed by atoms with E-state index in [1.165, 1.54) is 17.0 Å². The SMILES string of the molecule is O=C1[C@@H]2[C@H]3C[C@@H]([C@@H]4C(c5cccc([N+](=O)[O-])c5)=NO[C@@H]34)[C@@H]2C(=O)N1c1ccccc1. The van der Waals surface area contributed by atoms with Gasteiger partial charge < -0.3 is 4.84 Å². The van der Waals surface area contributed by atoms with Gasteiger partial charge in [-0.1, -0.05) is 35.5 Å². The number of oxime groups is 1. The van der Waals surface area contributed by atoms with Crippen molar-refractivity contribution in [3.8, 4) is 0 Å². The van der Waals surface area contributed by atoms with E-state index in [2.05, 4.69) is 5.16 Å². The van der Waals surface area contributed by atoms with Gasteiger partial charge in [0.1, 0.15) is 6.10 Å². The number of imide groups is 1. The Hall–Kier alpha value is -3.55. The maximum atomic E-state index is 13.3. The van der Waals surface area contributed by atoms with Gasteiger partial charge in [-0.2, -0.15) is 0 Å². The number of rotatable bonds is 3. The predicted octanol–water partition coefficient (Wildman–Crippen LogP) is 2.77. The number of nitro groups is 1. The molecule has 30 heavy (non-hydrogen) atoms. The molecule has 6 rings (SSSR count). The summed E-state index contributed by atoms with van der Waals surface area (Å²) >= 11 is 0. The molecule has 0 unspecified atom stereocenters. The minimum atomic E-state index is -0.439. The maximum absolute atomic E-state index is 13.3. The van der Waals surface area contributed by atoms with Gasteiger partial charge in [-0.25, -0.2) is 0 Å². The monoisotopic (exact) mass is 403 g/mol. The average molecular weight is 403 g/mol. The Balaban J connectivity index is 1.35. The molecule has 4 aliphatic rings. The van der Waals surface area contributed by atoms with Crippen LogP contribution in [-0.4, -0.2) is 28.6 Å². The second-order valence-corrected chi connectivity index (χ2v) is 8.34. The molecule has 3 fully saturated rings. The van der Waals surface area contributed by atoms with E-state index in [1.54, 1.807) is 24.3 Å². The third-order valence-electron chi connectivity index (χ3n) is 7.06. The fraction of sp³-hybridized carbons (Fsp3) is 0.318.